The standard InChI is InChI=1S/C26H31NO6/c1-17(2)32-24(28)23(25(29)33-18(3)4)21-14-15-27(22-13-9-8-12-20(21)22)26(30)31-16-19-10-6-5-7-11-19/h5-13,17-18,21,23H,14-16H2,1-4H3/t21-/m0/s1. The number of hydrogen-bond donors (Lipinski definition) is 0. The number of esters is 2. The molecule has 7 nitrogen and oxygen atoms in total. The lowest BCUT2D eigenvalue weighted by Crippen LogP contribution is -2.42. The summed E-state index contributed by atoms with van der Waals surface area (Å²) in [5, 5.41) is 0. The molecule has 1 atom stereocenters. The maximum Gasteiger partial charge on any atom is 0.414 e. The summed E-state index contributed by atoms with van der Waals surface area (Å²) in [6, 6.07) is 16.7. The van der Waals surface area contributed by atoms with E-state index in [2.05, 4.69) is 0 Å². The van der Waals surface area contributed by atoms with Crippen LogP contribution in [-0.2, 0) is 30.4 Å². The number of anilines is 1. The minimum atomic E-state index is -1.11. The number of fused-ring (bicyclic) bond motifs is 1. The van der Waals surface area contributed by atoms with Crippen LogP contribution in [0.2, 0.25) is 0 Å². The van der Waals surface area contributed by atoms with E-state index in [4.69, 9.17) is 14.2 Å². The quantitative estimate of drug-likeness (QED) is 0.339. The van der Waals surface area contributed by atoms with E-state index in [9.17, 15) is 14.4 Å². The first-order valence-corrected chi connectivity index (χ1v) is 11.3. The maximum atomic E-state index is 12.9. The Kier molecular flexibility index (Phi) is 8.09. The molecule has 2 aromatic carbocycles. The van der Waals surface area contributed by atoms with Crippen LogP contribution in [0.3, 0.4) is 0 Å². The van der Waals surface area contributed by atoms with Crippen LogP contribution in [0.1, 0.15) is 51.2 Å². The zero-order valence-corrected chi connectivity index (χ0v) is 19.5. The van der Waals surface area contributed by atoms with Gasteiger partial charge in [0.2, 0.25) is 0 Å². The lowest BCUT2D eigenvalue weighted by Gasteiger charge is -2.36. The number of benzene rings is 2. The fraction of sp³-hybridized carbons (Fsp3) is 0.423. The monoisotopic (exact) mass is 453 g/mol. The van der Waals surface area contributed by atoms with Gasteiger partial charge in [0.05, 0.1) is 17.9 Å². The van der Waals surface area contributed by atoms with Gasteiger partial charge < -0.3 is 14.2 Å². The predicted molar refractivity (Wildman–Crippen MR) is 124 cm³/mol. The van der Waals surface area contributed by atoms with Gasteiger partial charge in [-0.25, -0.2) is 4.79 Å². The molecule has 1 aliphatic heterocycles. The second-order valence-electron chi connectivity index (χ2n) is 8.59. The summed E-state index contributed by atoms with van der Waals surface area (Å²) in [4.78, 5) is 40.3. The van der Waals surface area contributed by atoms with E-state index in [-0.39, 0.29) is 18.8 Å². The largest absolute Gasteiger partial charge is 0.462 e. The van der Waals surface area contributed by atoms with Crippen molar-refractivity contribution in [1.29, 1.82) is 0 Å². The first-order chi connectivity index (χ1) is 15.8. The summed E-state index contributed by atoms with van der Waals surface area (Å²) in [6.07, 6.45) is -0.816. The van der Waals surface area contributed by atoms with E-state index >= 15 is 0 Å². The average molecular weight is 454 g/mol. The van der Waals surface area contributed by atoms with Crippen molar-refractivity contribution >= 4 is 23.7 Å². The van der Waals surface area contributed by atoms with Crippen molar-refractivity contribution < 1.29 is 28.6 Å². The minimum Gasteiger partial charge on any atom is -0.462 e. The van der Waals surface area contributed by atoms with E-state index < -0.39 is 29.9 Å². The third kappa shape index (κ3) is 6.12. The Morgan fingerprint density at radius 1 is 0.879 bits per heavy atom. The molecule has 3 rings (SSSR count). The second-order valence-corrected chi connectivity index (χ2v) is 8.59. The smallest absolute Gasteiger partial charge is 0.414 e. The number of hydrogen-bond acceptors (Lipinski definition) is 6. The molecule has 1 aliphatic rings. The molecule has 0 saturated heterocycles. The van der Waals surface area contributed by atoms with Crippen molar-refractivity contribution in [2.45, 2.75) is 58.8 Å². The topological polar surface area (TPSA) is 82.1 Å². The Labute approximate surface area is 194 Å². The Bertz CT molecular complexity index is 950. The van der Waals surface area contributed by atoms with Gasteiger partial charge in [0.15, 0.2) is 5.92 Å². The molecule has 0 unspecified atom stereocenters. The Morgan fingerprint density at radius 3 is 2.06 bits per heavy atom. The Balaban J connectivity index is 1.85. The first-order valence-electron chi connectivity index (χ1n) is 11.3. The van der Waals surface area contributed by atoms with Gasteiger partial charge >= 0.3 is 18.0 Å². The summed E-state index contributed by atoms with van der Waals surface area (Å²) < 4.78 is 16.3. The molecule has 0 N–H and O–H groups in total. The molecule has 2 aromatic rings. The lowest BCUT2D eigenvalue weighted by molar-refractivity contribution is -0.167. The third-order valence-electron chi connectivity index (χ3n) is 5.33. The highest BCUT2D eigenvalue weighted by molar-refractivity contribution is 5.97. The van der Waals surface area contributed by atoms with Crippen LogP contribution in [0.15, 0.2) is 54.6 Å². The molecule has 1 heterocycles. The number of rotatable bonds is 7. The molecule has 33 heavy (non-hydrogen) atoms. The number of amides is 1. The maximum absolute atomic E-state index is 12.9. The molecular weight excluding hydrogens is 422 g/mol. The van der Waals surface area contributed by atoms with Crippen LogP contribution in [0.5, 0.6) is 0 Å². The highest BCUT2D eigenvalue weighted by Gasteiger charge is 2.43. The van der Waals surface area contributed by atoms with Crippen molar-refractivity contribution in [3.8, 4) is 0 Å². The van der Waals surface area contributed by atoms with Gasteiger partial charge in [-0.2, -0.15) is 0 Å². The highest BCUT2D eigenvalue weighted by atomic mass is 16.6. The molecule has 0 radical (unpaired) electrons. The number of carbonyl (C=O) groups is 3. The van der Waals surface area contributed by atoms with E-state index in [1.807, 2.05) is 48.5 Å². The van der Waals surface area contributed by atoms with E-state index in [1.54, 1.807) is 38.7 Å². The molecule has 0 bridgehead atoms. The van der Waals surface area contributed by atoms with Crippen molar-refractivity contribution in [2.24, 2.45) is 5.92 Å². The van der Waals surface area contributed by atoms with Crippen LogP contribution in [0, 0.1) is 5.92 Å². The third-order valence-corrected chi connectivity index (χ3v) is 5.33. The summed E-state index contributed by atoms with van der Waals surface area (Å²) in [7, 11) is 0. The van der Waals surface area contributed by atoms with Gasteiger partial charge in [0.1, 0.15) is 6.61 Å². The Morgan fingerprint density at radius 2 is 1.45 bits per heavy atom. The minimum absolute atomic E-state index is 0.159. The van der Waals surface area contributed by atoms with E-state index in [1.165, 1.54) is 0 Å². The first kappa shape index (κ1) is 24.3. The van der Waals surface area contributed by atoms with Crippen LogP contribution in [-0.4, -0.2) is 36.8 Å². The molecule has 176 valence electrons. The molecule has 0 spiro atoms. The average Bonchev–Trinajstić information content (AvgIpc) is 2.77. The predicted octanol–water partition coefficient (Wildman–Crippen LogP) is 4.84. The lowest BCUT2D eigenvalue weighted by atomic mass is 9.80. The van der Waals surface area contributed by atoms with Crippen molar-refractivity contribution in [1.82, 2.24) is 0 Å². The molecule has 0 fully saturated rings. The molecule has 7 heteroatoms. The summed E-state index contributed by atoms with van der Waals surface area (Å²) in [6.45, 7) is 7.41. The second kappa shape index (κ2) is 11.0. The summed E-state index contributed by atoms with van der Waals surface area (Å²) in [5.74, 6) is -2.82. The zero-order chi connectivity index (χ0) is 24.0. The fourth-order valence-electron chi connectivity index (χ4n) is 3.96. The van der Waals surface area contributed by atoms with Crippen molar-refractivity contribution in [3.63, 3.8) is 0 Å². The normalized spacial score (nSPS) is 15.4. The van der Waals surface area contributed by atoms with Gasteiger partial charge in [0, 0.05) is 12.5 Å². The number of para-hydroxylation sites is 1. The van der Waals surface area contributed by atoms with Crippen LogP contribution >= 0.6 is 0 Å². The van der Waals surface area contributed by atoms with Crippen LogP contribution in [0.4, 0.5) is 10.5 Å². The van der Waals surface area contributed by atoms with Crippen LogP contribution < -0.4 is 4.90 Å². The van der Waals surface area contributed by atoms with E-state index in [0.29, 0.717) is 24.2 Å². The van der Waals surface area contributed by atoms with Gasteiger partial charge in [-0.15, -0.1) is 0 Å². The van der Waals surface area contributed by atoms with Gasteiger partial charge in [0.25, 0.3) is 0 Å². The molecular formula is C26H31NO6. The molecule has 1 amide bonds. The van der Waals surface area contributed by atoms with Crippen molar-refractivity contribution in [2.75, 3.05) is 11.4 Å². The molecule has 0 saturated carbocycles. The molecule has 0 aromatic heterocycles. The zero-order valence-electron chi connectivity index (χ0n) is 19.5. The number of carbonyl (C=O) groups excluding carboxylic acids is 3. The van der Waals surface area contributed by atoms with Gasteiger partial charge in [-0.05, 0) is 51.3 Å². The van der Waals surface area contributed by atoms with Gasteiger partial charge in [-0.1, -0.05) is 48.5 Å². The number of nitrogens with zero attached hydrogens (tertiary/aromatic N) is 1. The fourth-order valence-corrected chi connectivity index (χ4v) is 3.96. The van der Waals surface area contributed by atoms with Crippen molar-refractivity contribution in [3.05, 3.63) is 65.7 Å². The summed E-state index contributed by atoms with van der Waals surface area (Å²) >= 11 is 0. The van der Waals surface area contributed by atoms with Crippen LogP contribution in [0.25, 0.3) is 0 Å². The molecule has 0 aliphatic carbocycles. The SMILES string of the molecule is CC(C)OC(=O)C(C(=O)OC(C)C)[C@H]1CCN(C(=O)OCc2ccccc2)c2ccccc21. The summed E-state index contributed by atoms with van der Waals surface area (Å²) in [5.41, 5.74) is 2.22. The highest BCUT2D eigenvalue weighted by Crippen LogP contribution is 2.41. The van der Waals surface area contributed by atoms with E-state index in [0.717, 1.165) is 5.56 Å². The number of ether oxygens (including phenoxy) is 3. The van der Waals surface area contributed by atoms with Gasteiger partial charge in [-0.3, -0.25) is 14.5 Å². The Hall–Kier alpha value is -3.35.